The van der Waals surface area contributed by atoms with E-state index in [1.807, 2.05) is 18.3 Å². The summed E-state index contributed by atoms with van der Waals surface area (Å²) in [5.74, 6) is 1.96. The van der Waals surface area contributed by atoms with Crippen molar-refractivity contribution in [2.24, 2.45) is 0 Å². The monoisotopic (exact) mass is 525 g/mol. The van der Waals surface area contributed by atoms with Crippen LogP contribution in [-0.2, 0) is 0 Å². The average Bonchev–Trinajstić information content (AvgIpc) is 3.70. The average molecular weight is 525 g/mol. The van der Waals surface area contributed by atoms with Crippen LogP contribution in [-0.4, -0.2) is 23.1 Å². The van der Waals surface area contributed by atoms with Crippen LogP contribution in [0.3, 0.4) is 0 Å². The number of aromatic nitrogens is 2. The molecule has 0 radical (unpaired) electrons. The molecule has 4 aromatic carbocycles. The van der Waals surface area contributed by atoms with E-state index in [0.29, 0.717) is 6.61 Å². The lowest BCUT2D eigenvalue weighted by Crippen LogP contribution is -2.51. The number of para-hydroxylation sites is 2. The highest BCUT2D eigenvalue weighted by Gasteiger charge is 2.45. The van der Waals surface area contributed by atoms with Crippen molar-refractivity contribution in [1.29, 1.82) is 0 Å². The lowest BCUT2D eigenvalue weighted by molar-refractivity contribution is 0.388. The third-order valence-electron chi connectivity index (χ3n) is 8.68. The maximum absolute atomic E-state index is 5.81. The second-order valence-corrected chi connectivity index (χ2v) is 10.8. The summed E-state index contributed by atoms with van der Waals surface area (Å²) in [5, 5.41) is 2.52. The minimum atomic E-state index is 0.0167. The van der Waals surface area contributed by atoms with E-state index in [9.17, 15) is 0 Å². The highest BCUT2D eigenvalue weighted by atomic mass is 16.5. The molecule has 0 unspecified atom stereocenters. The molecule has 0 saturated heterocycles. The molecule has 6 aromatic rings. The summed E-state index contributed by atoms with van der Waals surface area (Å²) in [6.45, 7) is 5.03. The van der Waals surface area contributed by atoms with Gasteiger partial charge in [0, 0.05) is 44.9 Å². The van der Waals surface area contributed by atoms with Crippen LogP contribution in [0.15, 0.2) is 128 Å². The van der Waals surface area contributed by atoms with Gasteiger partial charge in [-0.15, -0.1) is 0 Å². The van der Waals surface area contributed by atoms with E-state index in [-0.39, 0.29) is 6.98 Å². The molecule has 0 fully saturated rings. The van der Waals surface area contributed by atoms with Crippen LogP contribution in [0, 0.1) is 0 Å². The zero-order valence-corrected chi connectivity index (χ0v) is 22.3. The van der Waals surface area contributed by atoms with Gasteiger partial charge in [0.2, 0.25) is 0 Å². The Bertz CT molecular complexity index is 2150. The van der Waals surface area contributed by atoms with Crippen LogP contribution in [0.25, 0.3) is 44.1 Å². The van der Waals surface area contributed by atoms with Crippen LogP contribution in [0.2, 0.25) is 0 Å². The maximum Gasteiger partial charge on any atom is 0.422 e. The molecule has 5 heterocycles. The molecule has 2 aromatic heterocycles. The highest BCUT2D eigenvalue weighted by Crippen LogP contribution is 2.48. The minimum absolute atomic E-state index is 0.0167. The number of allylic oxidation sites excluding steroid dienone is 4. The Morgan fingerprint density at radius 3 is 2.63 bits per heavy atom. The maximum atomic E-state index is 5.81. The summed E-state index contributed by atoms with van der Waals surface area (Å²) < 4.78 is 8.28. The molecular weight excluding hydrogens is 501 g/mol. The SMILES string of the molecule is C=C(/C=C\C=C1/COc2ccccc21)c1ccc2c(c1)-c1ccccc1B1N2c2nccc3c4ccccc4n1c23. The largest absolute Gasteiger partial charge is 0.488 e. The number of ether oxygens (including phenoxy) is 1. The van der Waals surface area contributed by atoms with Crippen molar-refractivity contribution in [2.75, 3.05) is 11.4 Å². The Kier molecular flexibility index (Phi) is 4.59. The summed E-state index contributed by atoms with van der Waals surface area (Å²) in [7, 11) is 0. The van der Waals surface area contributed by atoms with Gasteiger partial charge in [-0.1, -0.05) is 91.5 Å². The quantitative estimate of drug-likeness (QED) is 0.176. The second kappa shape index (κ2) is 8.36. The van der Waals surface area contributed by atoms with Crippen LogP contribution in [0.4, 0.5) is 11.5 Å². The van der Waals surface area contributed by atoms with E-state index in [2.05, 4.69) is 119 Å². The van der Waals surface area contributed by atoms with Gasteiger partial charge in [-0.3, -0.25) is 0 Å². The number of hydrogen-bond acceptors (Lipinski definition) is 3. The summed E-state index contributed by atoms with van der Waals surface area (Å²) in [5.41, 5.74) is 11.8. The van der Waals surface area contributed by atoms with Crippen LogP contribution in [0.1, 0.15) is 11.1 Å². The van der Waals surface area contributed by atoms with Crippen molar-refractivity contribution in [3.63, 3.8) is 0 Å². The predicted octanol–water partition coefficient (Wildman–Crippen LogP) is 7.61. The molecule has 0 saturated carbocycles. The van der Waals surface area contributed by atoms with E-state index in [4.69, 9.17) is 9.72 Å². The Morgan fingerprint density at radius 1 is 0.854 bits per heavy atom. The molecule has 0 N–H and O–H groups in total. The van der Waals surface area contributed by atoms with Crippen molar-refractivity contribution in [3.8, 4) is 16.9 Å². The lowest BCUT2D eigenvalue weighted by Gasteiger charge is -2.34. The van der Waals surface area contributed by atoms with Gasteiger partial charge >= 0.3 is 6.98 Å². The van der Waals surface area contributed by atoms with Gasteiger partial charge < -0.3 is 14.0 Å². The number of fused-ring (bicyclic) bond motifs is 12. The molecular formula is C36H24BN3O. The van der Waals surface area contributed by atoms with Gasteiger partial charge in [0.05, 0.1) is 5.52 Å². The molecule has 0 spiro atoms. The molecule has 192 valence electrons. The highest BCUT2D eigenvalue weighted by molar-refractivity contribution is 6.82. The lowest BCUT2D eigenvalue weighted by atomic mass is 9.60. The smallest absolute Gasteiger partial charge is 0.422 e. The Hall–Kier alpha value is -5.29. The fraction of sp³-hybridized carbons (Fsp3) is 0.0278. The van der Waals surface area contributed by atoms with Crippen molar-refractivity contribution < 1.29 is 4.74 Å². The summed E-state index contributed by atoms with van der Waals surface area (Å²) in [6.07, 6.45) is 8.24. The van der Waals surface area contributed by atoms with E-state index < -0.39 is 0 Å². The molecule has 5 heteroatoms. The van der Waals surface area contributed by atoms with E-state index in [1.54, 1.807) is 0 Å². The van der Waals surface area contributed by atoms with E-state index in [0.717, 1.165) is 28.3 Å². The topological polar surface area (TPSA) is 30.3 Å². The zero-order valence-electron chi connectivity index (χ0n) is 22.3. The molecule has 41 heavy (non-hydrogen) atoms. The summed E-state index contributed by atoms with van der Waals surface area (Å²) in [6, 6.07) is 34.5. The molecule has 0 bridgehead atoms. The number of nitrogens with zero attached hydrogens (tertiary/aromatic N) is 3. The van der Waals surface area contributed by atoms with Gasteiger partial charge in [0.15, 0.2) is 0 Å². The third-order valence-corrected chi connectivity index (χ3v) is 8.68. The third kappa shape index (κ3) is 3.09. The first-order valence-corrected chi connectivity index (χ1v) is 14.0. The van der Waals surface area contributed by atoms with Crippen LogP contribution < -0.4 is 15.0 Å². The minimum Gasteiger partial charge on any atom is -0.488 e. The first kappa shape index (κ1) is 22.5. The second-order valence-electron chi connectivity index (χ2n) is 10.8. The Labute approximate surface area is 238 Å². The van der Waals surface area contributed by atoms with Gasteiger partial charge in [-0.2, -0.15) is 0 Å². The van der Waals surface area contributed by atoms with Crippen molar-refractivity contribution in [2.45, 2.75) is 0 Å². The molecule has 0 amide bonds. The standard InChI is InChI=1S/C36H24BN3O/c1-23(9-8-10-25-22-41-34-16-7-4-11-26(25)34)24-17-18-33-30(21-24)27-12-2-5-14-31(27)37-39-32-15-6-3-13-28(32)29-19-20-38-36(35(29)39)40(33)37/h2-21H,1,22H2/b9-8-,25-10+. The van der Waals surface area contributed by atoms with Gasteiger partial charge in [0.25, 0.3) is 0 Å². The molecule has 4 nitrogen and oxygen atoms in total. The molecule has 0 aliphatic carbocycles. The fourth-order valence-electron chi connectivity index (χ4n) is 6.85. The van der Waals surface area contributed by atoms with Crippen LogP contribution >= 0.6 is 0 Å². The predicted molar refractivity (Wildman–Crippen MR) is 170 cm³/mol. The molecule has 3 aliphatic rings. The number of anilines is 2. The van der Waals surface area contributed by atoms with Gasteiger partial charge in [0.1, 0.15) is 18.2 Å². The normalized spacial score (nSPS) is 15.4. The first-order valence-electron chi connectivity index (χ1n) is 14.0. The van der Waals surface area contributed by atoms with Gasteiger partial charge in [-0.25, -0.2) is 4.98 Å². The van der Waals surface area contributed by atoms with E-state index in [1.165, 1.54) is 49.7 Å². The summed E-state index contributed by atoms with van der Waals surface area (Å²) in [4.78, 5) is 7.35. The van der Waals surface area contributed by atoms with Crippen LogP contribution in [0.5, 0.6) is 5.75 Å². The van der Waals surface area contributed by atoms with Crippen molar-refractivity contribution in [1.82, 2.24) is 9.46 Å². The van der Waals surface area contributed by atoms with Gasteiger partial charge in [-0.05, 0) is 52.5 Å². The van der Waals surface area contributed by atoms with Crippen molar-refractivity contribution >= 4 is 56.9 Å². The summed E-state index contributed by atoms with van der Waals surface area (Å²) >= 11 is 0. The molecule has 3 aliphatic heterocycles. The first-order chi connectivity index (χ1) is 20.3. The zero-order chi connectivity index (χ0) is 27.1. The Balaban J connectivity index is 1.15. The fourth-order valence-corrected chi connectivity index (χ4v) is 6.85. The Morgan fingerprint density at radius 2 is 1.68 bits per heavy atom. The number of benzene rings is 4. The van der Waals surface area contributed by atoms with Crippen molar-refractivity contribution in [3.05, 3.63) is 139 Å². The number of rotatable bonds is 3. The number of hydrogen-bond donors (Lipinski definition) is 0. The molecule has 0 atom stereocenters. The van der Waals surface area contributed by atoms with E-state index >= 15 is 0 Å². The number of pyridine rings is 1. The molecule has 9 rings (SSSR count).